The molecule has 0 saturated carbocycles. The Bertz CT molecular complexity index is 1030. The molecule has 6 heteroatoms. The lowest BCUT2D eigenvalue weighted by atomic mass is 10.1. The summed E-state index contributed by atoms with van der Waals surface area (Å²) in [6, 6.07) is 7.74. The van der Waals surface area contributed by atoms with Gasteiger partial charge in [-0.25, -0.2) is 9.78 Å². The Kier molecular flexibility index (Phi) is 3.52. The molecule has 2 aromatic heterocycles. The van der Waals surface area contributed by atoms with Crippen LogP contribution in [0.5, 0.6) is 0 Å². The zero-order valence-corrected chi connectivity index (χ0v) is 13.5. The van der Waals surface area contributed by atoms with E-state index in [1.807, 2.05) is 32.0 Å². The van der Waals surface area contributed by atoms with Crippen molar-refractivity contribution in [2.45, 2.75) is 13.8 Å². The number of hydrogen-bond acceptors (Lipinski definition) is 4. The molecule has 0 spiro atoms. The van der Waals surface area contributed by atoms with Crippen LogP contribution < -0.4 is 16.6 Å². The maximum absolute atomic E-state index is 12.5. The summed E-state index contributed by atoms with van der Waals surface area (Å²) >= 11 is 0. The Morgan fingerprint density at radius 3 is 2.43 bits per heavy atom. The molecule has 23 heavy (non-hydrogen) atoms. The topological polar surface area (TPSA) is 68.9 Å². The lowest BCUT2D eigenvalue weighted by Gasteiger charge is -2.13. The first-order valence-electron chi connectivity index (χ1n) is 7.29. The first kappa shape index (κ1) is 15.0. The lowest BCUT2D eigenvalue weighted by molar-refractivity contribution is 0.708. The fourth-order valence-corrected chi connectivity index (χ4v) is 2.56. The molecule has 6 nitrogen and oxygen atoms in total. The van der Waals surface area contributed by atoms with Gasteiger partial charge >= 0.3 is 5.69 Å². The van der Waals surface area contributed by atoms with E-state index in [2.05, 4.69) is 10.3 Å². The normalized spacial score (nSPS) is 11.0. The molecule has 0 atom stereocenters. The molecule has 0 aliphatic heterocycles. The number of fused-ring (bicyclic) bond motifs is 1. The van der Waals surface area contributed by atoms with Gasteiger partial charge in [-0.15, -0.1) is 0 Å². The molecule has 0 aliphatic carbocycles. The number of aryl methyl sites for hydroxylation is 3. The van der Waals surface area contributed by atoms with Crippen LogP contribution in [0.4, 0.5) is 11.4 Å². The van der Waals surface area contributed by atoms with E-state index in [0.717, 1.165) is 15.8 Å². The SMILES string of the molecule is Cc1ccc(Nc2ccnc3c2c(=O)n(C)c(=O)n3C)cc1C. The van der Waals surface area contributed by atoms with Gasteiger partial charge in [0, 0.05) is 26.0 Å². The largest absolute Gasteiger partial charge is 0.355 e. The molecule has 0 bridgehead atoms. The summed E-state index contributed by atoms with van der Waals surface area (Å²) in [6.07, 6.45) is 1.59. The van der Waals surface area contributed by atoms with E-state index in [4.69, 9.17) is 0 Å². The Labute approximate surface area is 133 Å². The fourth-order valence-electron chi connectivity index (χ4n) is 2.56. The van der Waals surface area contributed by atoms with Crippen LogP contribution in [-0.2, 0) is 14.1 Å². The highest BCUT2D eigenvalue weighted by Gasteiger charge is 2.13. The maximum Gasteiger partial charge on any atom is 0.332 e. The number of benzene rings is 1. The average molecular weight is 310 g/mol. The first-order chi connectivity index (χ1) is 10.9. The van der Waals surface area contributed by atoms with Gasteiger partial charge in [0.15, 0.2) is 5.65 Å². The second-order valence-corrected chi connectivity index (χ2v) is 5.69. The Morgan fingerprint density at radius 2 is 1.74 bits per heavy atom. The zero-order valence-electron chi connectivity index (χ0n) is 13.5. The highest BCUT2D eigenvalue weighted by Crippen LogP contribution is 2.23. The molecule has 0 saturated heterocycles. The van der Waals surface area contributed by atoms with Gasteiger partial charge in [-0.05, 0) is 43.2 Å². The van der Waals surface area contributed by atoms with E-state index in [1.54, 1.807) is 19.3 Å². The molecule has 0 radical (unpaired) electrons. The Morgan fingerprint density at radius 1 is 1.00 bits per heavy atom. The van der Waals surface area contributed by atoms with Crippen molar-refractivity contribution in [2.75, 3.05) is 5.32 Å². The molecule has 2 heterocycles. The molecule has 118 valence electrons. The second-order valence-electron chi connectivity index (χ2n) is 5.69. The van der Waals surface area contributed by atoms with E-state index in [-0.39, 0.29) is 5.56 Å². The van der Waals surface area contributed by atoms with Crippen LogP contribution in [-0.4, -0.2) is 14.1 Å². The van der Waals surface area contributed by atoms with Gasteiger partial charge in [-0.1, -0.05) is 6.07 Å². The van der Waals surface area contributed by atoms with E-state index < -0.39 is 5.69 Å². The molecule has 3 aromatic rings. The van der Waals surface area contributed by atoms with Crippen LogP contribution in [0.25, 0.3) is 11.0 Å². The van der Waals surface area contributed by atoms with Crippen molar-refractivity contribution in [1.29, 1.82) is 0 Å². The molecule has 3 rings (SSSR count). The first-order valence-corrected chi connectivity index (χ1v) is 7.29. The zero-order chi connectivity index (χ0) is 16.7. The van der Waals surface area contributed by atoms with Gasteiger partial charge < -0.3 is 5.32 Å². The lowest BCUT2D eigenvalue weighted by Crippen LogP contribution is -2.37. The van der Waals surface area contributed by atoms with Crippen molar-refractivity contribution >= 4 is 22.4 Å². The van der Waals surface area contributed by atoms with Crippen LogP contribution in [0.15, 0.2) is 40.1 Å². The van der Waals surface area contributed by atoms with Crippen molar-refractivity contribution in [3.05, 3.63) is 62.4 Å². The Balaban J connectivity index is 2.24. The molecule has 0 unspecified atom stereocenters. The summed E-state index contributed by atoms with van der Waals surface area (Å²) in [5, 5.41) is 3.66. The van der Waals surface area contributed by atoms with Gasteiger partial charge in [0.05, 0.1) is 5.69 Å². The number of pyridine rings is 1. The third-order valence-electron chi connectivity index (χ3n) is 4.13. The summed E-state index contributed by atoms with van der Waals surface area (Å²) in [4.78, 5) is 28.7. The molecule has 1 aromatic carbocycles. The van der Waals surface area contributed by atoms with Gasteiger partial charge in [-0.3, -0.25) is 13.9 Å². The highest BCUT2D eigenvalue weighted by atomic mass is 16.2. The minimum absolute atomic E-state index is 0.359. The van der Waals surface area contributed by atoms with Crippen molar-refractivity contribution in [3.8, 4) is 0 Å². The molecule has 0 aliphatic rings. The van der Waals surface area contributed by atoms with Crippen LogP contribution in [0.1, 0.15) is 11.1 Å². The average Bonchev–Trinajstić information content (AvgIpc) is 2.54. The van der Waals surface area contributed by atoms with Gasteiger partial charge in [0.2, 0.25) is 0 Å². The van der Waals surface area contributed by atoms with E-state index >= 15 is 0 Å². The maximum atomic E-state index is 12.5. The summed E-state index contributed by atoms with van der Waals surface area (Å²) in [5.41, 5.74) is 3.50. The monoisotopic (exact) mass is 310 g/mol. The minimum atomic E-state index is -0.390. The van der Waals surface area contributed by atoms with Gasteiger partial charge in [0.1, 0.15) is 5.39 Å². The minimum Gasteiger partial charge on any atom is -0.355 e. The van der Waals surface area contributed by atoms with Crippen LogP contribution in [0.2, 0.25) is 0 Å². The number of rotatable bonds is 2. The Hall–Kier alpha value is -2.89. The predicted molar refractivity (Wildman–Crippen MR) is 91.4 cm³/mol. The van der Waals surface area contributed by atoms with E-state index in [1.165, 1.54) is 17.2 Å². The molecule has 0 amide bonds. The molecular weight excluding hydrogens is 292 g/mol. The number of aromatic nitrogens is 3. The van der Waals surface area contributed by atoms with Gasteiger partial charge in [0.25, 0.3) is 5.56 Å². The summed E-state index contributed by atoms with van der Waals surface area (Å²) in [5.74, 6) is 0. The molecule has 0 fully saturated rings. The summed E-state index contributed by atoms with van der Waals surface area (Å²) < 4.78 is 2.47. The molecular formula is C17H18N4O2. The third-order valence-corrected chi connectivity index (χ3v) is 4.13. The summed E-state index contributed by atoms with van der Waals surface area (Å²) in [6.45, 7) is 4.08. The highest BCUT2D eigenvalue weighted by molar-refractivity contribution is 5.90. The van der Waals surface area contributed by atoms with E-state index in [0.29, 0.717) is 16.7 Å². The van der Waals surface area contributed by atoms with Crippen LogP contribution in [0.3, 0.4) is 0 Å². The number of nitrogens with one attached hydrogen (secondary N) is 1. The standard InChI is InChI=1S/C17H18N4O2/c1-10-5-6-12(9-11(10)2)19-13-7-8-18-15-14(13)16(22)21(4)17(23)20(15)3/h5-9H,1-4H3,(H,18,19). The number of anilines is 2. The van der Waals surface area contributed by atoms with Crippen molar-refractivity contribution < 1.29 is 0 Å². The number of nitrogens with zero attached hydrogens (tertiary/aromatic N) is 3. The smallest absolute Gasteiger partial charge is 0.332 e. The molecule has 1 N–H and O–H groups in total. The van der Waals surface area contributed by atoms with Crippen LogP contribution in [0, 0.1) is 13.8 Å². The van der Waals surface area contributed by atoms with Gasteiger partial charge in [-0.2, -0.15) is 0 Å². The summed E-state index contributed by atoms with van der Waals surface area (Å²) in [7, 11) is 3.08. The predicted octanol–water partition coefficient (Wildman–Crippen LogP) is 1.99. The van der Waals surface area contributed by atoms with E-state index in [9.17, 15) is 9.59 Å². The van der Waals surface area contributed by atoms with Crippen LogP contribution >= 0.6 is 0 Å². The number of hydrogen-bond donors (Lipinski definition) is 1. The van der Waals surface area contributed by atoms with Crippen molar-refractivity contribution in [1.82, 2.24) is 14.1 Å². The van der Waals surface area contributed by atoms with Crippen molar-refractivity contribution in [2.24, 2.45) is 14.1 Å². The third kappa shape index (κ3) is 2.42. The quantitative estimate of drug-likeness (QED) is 0.786. The fraction of sp³-hybridized carbons (Fsp3) is 0.235. The second kappa shape index (κ2) is 5.39. The van der Waals surface area contributed by atoms with Crippen molar-refractivity contribution in [3.63, 3.8) is 0 Å².